The van der Waals surface area contributed by atoms with E-state index in [0.29, 0.717) is 17.5 Å². The minimum atomic E-state index is -0.491. The van der Waals surface area contributed by atoms with E-state index in [9.17, 15) is 0 Å². The van der Waals surface area contributed by atoms with Crippen LogP contribution in [0.4, 0.5) is 21.8 Å². The standard InChI is InChI=1S/C20H24FN7O/c1-12-9-17(22-2)27-20(25-12)26-15-6-7-16(29-3)19(18(15)21)28-11-13(10-24-28)14-5-4-8-23-14/h6-7,9-11,14,23H,4-5,8H2,1-3H3,(H2,22,25,26,27)/t14-/m1/s1. The van der Waals surface area contributed by atoms with Crippen molar-refractivity contribution < 1.29 is 9.13 Å². The van der Waals surface area contributed by atoms with Gasteiger partial charge in [0.25, 0.3) is 0 Å². The number of benzene rings is 1. The molecule has 3 N–H and O–H groups in total. The lowest BCUT2D eigenvalue weighted by Crippen LogP contribution is -2.12. The van der Waals surface area contributed by atoms with Crippen molar-refractivity contribution in [1.82, 2.24) is 25.1 Å². The predicted molar refractivity (Wildman–Crippen MR) is 110 cm³/mol. The zero-order valence-electron chi connectivity index (χ0n) is 16.7. The van der Waals surface area contributed by atoms with Crippen molar-refractivity contribution in [2.24, 2.45) is 0 Å². The molecule has 0 bridgehead atoms. The average molecular weight is 397 g/mol. The number of hydrogen-bond donors (Lipinski definition) is 3. The van der Waals surface area contributed by atoms with Crippen molar-refractivity contribution in [3.63, 3.8) is 0 Å². The smallest absolute Gasteiger partial charge is 0.229 e. The molecule has 8 nitrogen and oxygen atoms in total. The highest BCUT2D eigenvalue weighted by Crippen LogP contribution is 2.33. The topological polar surface area (TPSA) is 88.9 Å². The second-order valence-corrected chi connectivity index (χ2v) is 6.94. The normalized spacial score (nSPS) is 16.1. The Morgan fingerprint density at radius 3 is 2.90 bits per heavy atom. The summed E-state index contributed by atoms with van der Waals surface area (Å²) >= 11 is 0. The molecule has 1 fully saturated rings. The van der Waals surface area contributed by atoms with Gasteiger partial charge in [0.2, 0.25) is 5.95 Å². The maximum atomic E-state index is 15.5. The SMILES string of the molecule is CNc1cc(C)nc(Nc2ccc(OC)c(-n3cc([C@H]4CCCN4)cn3)c2F)n1. The van der Waals surface area contributed by atoms with E-state index in [1.807, 2.05) is 19.2 Å². The van der Waals surface area contributed by atoms with Gasteiger partial charge in [-0.3, -0.25) is 0 Å². The van der Waals surface area contributed by atoms with Crippen molar-refractivity contribution in [2.45, 2.75) is 25.8 Å². The van der Waals surface area contributed by atoms with Crippen LogP contribution >= 0.6 is 0 Å². The molecule has 0 spiro atoms. The van der Waals surface area contributed by atoms with Crippen LogP contribution < -0.4 is 20.7 Å². The molecule has 0 radical (unpaired) electrons. The number of aromatic nitrogens is 4. The molecular weight excluding hydrogens is 373 g/mol. The number of methoxy groups -OCH3 is 1. The Hall–Kier alpha value is -3.20. The van der Waals surface area contributed by atoms with E-state index >= 15 is 4.39 Å². The van der Waals surface area contributed by atoms with Crippen LogP contribution in [0.15, 0.2) is 30.6 Å². The van der Waals surface area contributed by atoms with E-state index in [4.69, 9.17) is 4.74 Å². The summed E-state index contributed by atoms with van der Waals surface area (Å²) in [7, 11) is 3.28. The third kappa shape index (κ3) is 3.86. The molecule has 4 rings (SSSR count). The Morgan fingerprint density at radius 1 is 1.31 bits per heavy atom. The van der Waals surface area contributed by atoms with Gasteiger partial charge in [-0.2, -0.15) is 10.1 Å². The summed E-state index contributed by atoms with van der Waals surface area (Å²) in [6.07, 6.45) is 5.78. The second kappa shape index (κ2) is 8.04. The quantitative estimate of drug-likeness (QED) is 0.588. The third-order valence-electron chi connectivity index (χ3n) is 4.95. The monoisotopic (exact) mass is 397 g/mol. The van der Waals surface area contributed by atoms with E-state index in [-0.39, 0.29) is 17.4 Å². The lowest BCUT2D eigenvalue weighted by atomic mass is 10.1. The van der Waals surface area contributed by atoms with Gasteiger partial charge in [0.05, 0.1) is 19.0 Å². The van der Waals surface area contributed by atoms with Gasteiger partial charge in [0.1, 0.15) is 17.3 Å². The molecule has 3 aromatic rings. The highest BCUT2D eigenvalue weighted by Gasteiger charge is 2.21. The summed E-state index contributed by atoms with van der Waals surface area (Å²) in [4.78, 5) is 8.66. The minimum absolute atomic E-state index is 0.239. The zero-order valence-corrected chi connectivity index (χ0v) is 16.7. The number of nitrogens with zero attached hydrogens (tertiary/aromatic N) is 4. The van der Waals surface area contributed by atoms with Crippen LogP contribution in [0.5, 0.6) is 5.75 Å². The van der Waals surface area contributed by atoms with E-state index in [1.54, 1.807) is 25.4 Å². The van der Waals surface area contributed by atoms with E-state index in [0.717, 1.165) is 30.6 Å². The van der Waals surface area contributed by atoms with Crippen molar-refractivity contribution in [1.29, 1.82) is 0 Å². The van der Waals surface area contributed by atoms with Gasteiger partial charge in [-0.1, -0.05) is 0 Å². The molecule has 0 unspecified atom stereocenters. The van der Waals surface area contributed by atoms with Crippen LogP contribution in [-0.4, -0.2) is 40.5 Å². The largest absolute Gasteiger partial charge is 0.494 e. The molecule has 2 aromatic heterocycles. The number of halogens is 1. The summed E-state index contributed by atoms with van der Waals surface area (Å²) in [5.41, 5.74) is 2.28. The summed E-state index contributed by atoms with van der Waals surface area (Å²) in [5, 5.41) is 13.7. The molecule has 9 heteroatoms. The number of hydrogen-bond acceptors (Lipinski definition) is 7. The number of ether oxygens (including phenoxy) is 1. The van der Waals surface area contributed by atoms with E-state index < -0.39 is 5.82 Å². The number of rotatable bonds is 6. The first-order valence-electron chi connectivity index (χ1n) is 9.54. The molecule has 152 valence electrons. The molecule has 0 saturated carbocycles. The summed E-state index contributed by atoms with van der Waals surface area (Å²) < 4.78 is 22.4. The van der Waals surface area contributed by atoms with Gasteiger partial charge in [-0.25, -0.2) is 14.1 Å². The van der Waals surface area contributed by atoms with Crippen molar-refractivity contribution in [2.75, 3.05) is 31.3 Å². The van der Waals surface area contributed by atoms with Gasteiger partial charge in [0.15, 0.2) is 5.82 Å². The molecule has 0 aliphatic carbocycles. The van der Waals surface area contributed by atoms with Gasteiger partial charge in [-0.15, -0.1) is 0 Å². The molecule has 0 amide bonds. The fourth-order valence-electron chi connectivity index (χ4n) is 3.50. The Morgan fingerprint density at radius 2 is 2.17 bits per heavy atom. The maximum Gasteiger partial charge on any atom is 0.229 e. The van der Waals surface area contributed by atoms with E-state index in [1.165, 1.54) is 11.8 Å². The lowest BCUT2D eigenvalue weighted by Gasteiger charge is -2.14. The van der Waals surface area contributed by atoms with Crippen molar-refractivity contribution >= 4 is 17.5 Å². The van der Waals surface area contributed by atoms with Crippen LogP contribution in [-0.2, 0) is 0 Å². The second-order valence-electron chi connectivity index (χ2n) is 6.94. The first kappa shape index (κ1) is 19.1. The average Bonchev–Trinajstić information content (AvgIpc) is 3.40. The Kier molecular flexibility index (Phi) is 5.30. The minimum Gasteiger partial charge on any atom is -0.494 e. The van der Waals surface area contributed by atoms with Gasteiger partial charge >= 0.3 is 0 Å². The van der Waals surface area contributed by atoms with Crippen LogP contribution in [0.3, 0.4) is 0 Å². The fraction of sp³-hybridized carbons (Fsp3) is 0.350. The molecule has 1 aliphatic rings. The van der Waals surface area contributed by atoms with Crippen LogP contribution in [0.25, 0.3) is 5.69 Å². The molecule has 1 atom stereocenters. The zero-order chi connectivity index (χ0) is 20.4. The summed E-state index contributed by atoms with van der Waals surface area (Å²) in [6.45, 7) is 2.84. The van der Waals surface area contributed by atoms with E-state index in [2.05, 4.69) is 31.0 Å². The molecule has 1 saturated heterocycles. The number of nitrogens with one attached hydrogen (secondary N) is 3. The predicted octanol–water partition coefficient (Wildman–Crippen LogP) is 3.33. The Balaban J connectivity index is 1.70. The van der Waals surface area contributed by atoms with Crippen LogP contribution in [0.1, 0.15) is 30.1 Å². The first-order valence-corrected chi connectivity index (χ1v) is 9.54. The van der Waals surface area contributed by atoms with Crippen molar-refractivity contribution in [3.8, 4) is 11.4 Å². The maximum absolute atomic E-state index is 15.5. The summed E-state index contributed by atoms with van der Waals surface area (Å²) in [6, 6.07) is 5.36. The van der Waals surface area contributed by atoms with Crippen LogP contribution in [0.2, 0.25) is 0 Å². The number of aryl methyl sites for hydroxylation is 1. The van der Waals surface area contributed by atoms with Gasteiger partial charge < -0.3 is 20.7 Å². The van der Waals surface area contributed by atoms with Gasteiger partial charge in [-0.05, 0) is 38.4 Å². The first-order chi connectivity index (χ1) is 14.1. The Labute approximate surface area is 168 Å². The van der Waals surface area contributed by atoms with Gasteiger partial charge in [0, 0.05) is 36.6 Å². The molecule has 1 aliphatic heterocycles. The van der Waals surface area contributed by atoms with Crippen LogP contribution in [0, 0.1) is 12.7 Å². The lowest BCUT2D eigenvalue weighted by molar-refractivity contribution is 0.407. The molecule has 3 heterocycles. The highest BCUT2D eigenvalue weighted by molar-refractivity contribution is 5.64. The third-order valence-corrected chi connectivity index (χ3v) is 4.95. The Bertz CT molecular complexity index is 1010. The summed E-state index contributed by atoms with van der Waals surface area (Å²) in [5.74, 6) is 0.855. The number of anilines is 3. The molecular formula is C20H24FN7O. The molecule has 29 heavy (non-hydrogen) atoms. The molecule has 1 aromatic carbocycles. The highest BCUT2D eigenvalue weighted by atomic mass is 19.1. The fourth-order valence-corrected chi connectivity index (χ4v) is 3.50. The van der Waals surface area contributed by atoms with Crippen molar-refractivity contribution in [3.05, 3.63) is 47.7 Å².